The number of ether oxygens (including phenoxy) is 5. The second-order valence-corrected chi connectivity index (χ2v) is 20.3. The van der Waals surface area contributed by atoms with E-state index in [2.05, 4.69) is 89.7 Å². The fourth-order valence-corrected chi connectivity index (χ4v) is 8.39. The highest BCUT2D eigenvalue weighted by atomic mass is 35.5. The largest absolute Gasteiger partial charge is 0.497 e. The van der Waals surface area contributed by atoms with Crippen molar-refractivity contribution in [2.24, 2.45) is 0 Å². The Labute approximate surface area is 533 Å². The van der Waals surface area contributed by atoms with E-state index in [-0.39, 0.29) is 43.4 Å². The topological polar surface area (TPSA) is 322 Å². The zero-order valence-corrected chi connectivity index (χ0v) is 53.4. The monoisotopic (exact) mass is 1310 g/mol. The molecule has 10 rings (SSSR count). The lowest BCUT2D eigenvalue weighted by Crippen LogP contribution is -2.36. The lowest BCUT2D eigenvalue weighted by atomic mass is 10.1. The molecule has 0 unspecified atom stereocenters. The van der Waals surface area contributed by atoms with Crippen molar-refractivity contribution in [2.45, 2.75) is 72.4 Å². The first-order chi connectivity index (χ1) is 42.1. The van der Waals surface area contributed by atoms with E-state index in [1.54, 1.807) is 57.4 Å². The smallest absolute Gasteiger partial charge is 0.324 e. The summed E-state index contributed by atoms with van der Waals surface area (Å²) in [6.07, 6.45) is 8.62. The highest BCUT2D eigenvalue weighted by Gasteiger charge is 2.18. The van der Waals surface area contributed by atoms with Gasteiger partial charge in [-0.2, -0.15) is 14.6 Å². The fourth-order valence-electron chi connectivity index (χ4n) is 7.59. The molecule has 1 aliphatic rings. The van der Waals surface area contributed by atoms with Gasteiger partial charge >= 0.3 is 11.4 Å². The Morgan fingerprint density at radius 2 is 0.977 bits per heavy atom. The number of aromatic nitrogens is 11. The Balaban J connectivity index is 0.000000227. The molecule has 25 nitrogen and oxygen atoms in total. The minimum atomic E-state index is -0.682. The van der Waals surface area contributed by atoms with Gasteiger partial charge in [-0.1, -0.05) is 48.0 Å². The molecule has 88 heavy (non-hydrogen) atoms. The minimum absolute atomic E-state index is 0.00545. The predicted octanol–water partition coefficient (Wildman–Crippen LogP) is 12.7. The van der Waals surface area contributed by atoms with E-state index in [0.717, 1.165) is 83.3 Å². The summed E-state index contributed by atoms with van der Waals surface area (Å²) in [6, 6.07) is 31.0. The molecule has 4 N–H and O–H groups in total. The van der Waals surface area contributed by atoms with E-state index in [0.29, 0.717) is 41.8 Å². The fraction of sp³-hybridized carbons (Fsp3) is 0.310. The maximum Gasteiger partial charge on any atom is 0.324 e. The molecule has 1 saturated heterocycles. The lowest BCUT2D eigenvalue weighted by molar-refractivity contribution is -0.386. The molecule has 468 valence electrons. The molecule has 9 aromatic rings. The van der Waals surface area contributed by atoms with Gasteiger partial charge < -0.3 is 35.2 Å². The van der Waals surface area contributed by atoms with Crippen LogP contribution in [0.4, 0.5) is 22.7 Å². The van der Waals surface area contributed by atoms with E-state index in [9.17, 15) is 20.2 Å². The first-order valence-corrected chi connectivity index (χ1v) is 28.6. The van der Waals surface area contributed by atoms with Crippen LogP contribution in [0.3, 0.4) is 0 Å². The molecule has 0 atom stereocenters. The van der Waals surface area contributed by atoms with Crippen LogP contribution in [0.2, 0.25) is 26.3 Å². The van der Waals surface area contributed by atoms with Gasteiger partial charge in [-0.25, -0.2) is 29.9 Å². The van der Waals surface area contributed by atoms with Crippen LogP contribution in [0.1, 0.15) is 70.0 Å². The normalized spacial score (nSPS) is 11.1. The number of benzene rings is 4. The van der Waals surface area contributed by atoms with Gasteiger partial charge in [0.1, 0.15) is 41.1 Å². The third-order valence-electron chi connectivity index (χ3n) is 12.0. The average molecular weight is 1310 g/mol. The summed E-state index contributed by atoms with van der Waals surface area (Å²) in [5.41, 5.74) is 17.0. The number of hydrogen-bond donors (Lipinski definition) is 2. The van der Waals surface area contributed by atoms with Gasteiger partial charge in [0, 0.05) is 43.8 Å². The van der Waals surface area contributed by atoms with E-state index < -0.39 is 9.85 Å². The Morgan fingerprint density at radius 1 is 0.568 bits per heavy atom. The molecule has 0 amide bonds. The van der Waals surface area contributed by atoms with Gasteiger partial charge in [0.2, 0.25) is 26.3 Å². The molecule has 0 spiro atoms. The SMILES string of the molecule is C1CCOC1.CCN(C(C)C)C(C)C.COc1ccc(-n2nnc3cnc(Cl)nc32)cc1.COc1ccc(Cc2nc(Cl)ncc2N)cc1.COc1ccc(Cc2nc(Cl)ncc2[N+](=O)[O-])cc1.COc1ccc(N)cc1.O=[N+]([O-])c1cnc(Cl)nc1Cl. The van der Waals surface area contributed by atoms with Crippen molar-refractivity contribution < 1.29 is 33.5 Å². The molecule has 0 saturated carbocycles. The Morgan fingerprint density at radius 3 is 1.40 bits per heavy atom. The van der Waals surface area contributed by atoms with Crippen LogP contribution in [0.15, 0.2) is 122 Å². The van der Waals surface area contributed by atoms with Gasteiger partial charge in [0.05, 0.1) is 67.7 Å². The number of methoxy groups -OCH3 is 4. The van der Waals surface area contributed by atoms with Crippen molar-refractivity contribution >= 4 is 91.9 Å². The number of nitrogens with two attached hydrogens (primary N) is 2. The van der Waals surface area contributed by atoms with Crippen molar-refractivity contribution in [3.8, 4) is 28.7 Å². The summed E-state index contributed by atoms with van der Waals surface area (Å²) < 4.78 is 26.7. The third kappa shape index (κ3) is 24.7. The highest BCUT2D eigenvalue weighted by molar-refractivity contribution is 6.33. The van der Waals surface area contributed by atoms with Gasteiger partial charge in [-0.15, -0.1) is 5.10 Å². The Bertz CT molecular complexity index is 3540. The molecule has 1 aliphatic heterocycles. The Kier molecular flexibility index (Phi) is 31.1. The van der Waals surface area contributed by atoms with Crippen LogP contribution in [0, 0.1) is 20.2 Å². The van der Waals surface area contributed by atoms with Crippen molar-refractivity contribution in [1.82, 2.24) is 59.8 Å². The summed E-state index contributed by atoms with van der Waals surface area (Å²) >= 11 is 27.8. The van der Waals surface area contributed by atoms with Crippen LogP contribution < -0.4 is 30.4 Å². The van der Waals surface area contributed by atoms with E-state index in [1.807, 2.05) is 72.8 Å². The second kappa shape index (κ2) is 38.0. The quantitative estimate of drug-likeness (QED) is 0.0336. The van der Waals surface area contributed by atoms with E-state index in [4.69, 9.17) is 93.2 Å². The minimum Gasteiger partial charge on any atom is -0.497 e. The number of nitrogen functional groups attached to an aromatic ring is 2. The van der Waals surface area contributed by atoms with Crippen LogP contribution in [-0.4, -0.2) is 130 Å². The number of halogens is 5. The van der Waals surface area contributed by atoms with Crippen LogP contribution >= 0.6 is 58.0 Å². The van der Waals surface area contributed by atoms with Crippen molar-refractivity contribution in [1.29, 1.82) is 0 Å². The highest BCUT2D eigenvalue weighted by Crippen LogP contribution is 2.24. The molecule has 30 heteroatoms. The van der Waals surface area contributed by atoms with E-state index in [1.165, 1.54) is 25.2 Å². The first kappa shape index (κ1) is 72.0. The molecule has 0 bridgehead atoms. The molecule has 0 aliphatic carbocycles. The summed E-state index contributed by atoms with van der Waals surface area (Å²) in [4.78, 5) is 52.5. The van der Waals surface area contributed by atoms with E-state index >= 15 is 0 Å². The van der Waals surface area contributed by atoms with Gasteiger partial charge in [-0.05, 0) is 177 Å². The van der Waals surface area contributed by atoms with Crippen LogP contribution in [0.5, 0.6) is 23.0 Å². The molecule has 6 heterocycles. The summed E-state index contributed by atoms with van der Waals surface area (Å²) in [7, 11) is 6.46. The van der Waals surface area contributed by atoms with Crippen molar-refractivity contribution in [3.63, 3.8) is 0 Å². The van der Waals surface area contributed by atoms with Crippen LogP contribution in [-0.2, 0) is 17.6 Å². The predicted molar refractivity (Wildman–Crippen MR) is 342 cm³/mol. The zero-order chi connectivity index (χ0) is 64.7. The zero-order valence-electron chi connectivity index (χ0n) is 49.6. The maximum atomic E-state index is 10.9. The number of anilines is 2. The molecular weight excluding hydrogens is 1240 g/mol. The van der Waals surface area contributed by atoms with Crippen LogP contribution in [0.25, 0.3) is 16.9 Å². The molecule has 1 fully saturated rings. The first-order valence-electron chi connectivity index (χ1n) is 26.7. The summed E-state index contributed by atoms with van der Waals surface area (Å²) in [6.45, 7) is 14.3. The second-order valence-electron chi connectivity index (χ2n) is 18.5. The number of nitrogens with zero attached hydrogens (tertiary/aromatic N) is 14. The Hall–Kier alpha value is -8.43. The third-order valence-corrected chi connectivity index (χ3v) is 13.0. The number of fused-ring (bicyclic) bond motifs is 1. The lowest BCUT2D eigenvalue weighted by Gasteiger charge is -2.28. The molecule has 4 aromatic carbocycles. The van der Waals surface area contributed by atoms with Gasteiger partial charge in [0.15, 0.2) is 11.2 Å². The van der Waals surface area contributed by atoms with Crippen molar-refractivity contribution in [3.05, 3.63) is 191 Å². The number of hydrogen-bond acceptors (Lipinski definition) is 22. The maximum absolute atomic E-state index is 10.9. The number of rotatable bonds is 14. The summed E-state index contributed by atoms with van der Waals surface area (Å²) in [5, 5.41) is 29.0. The molecule has 5 aromatic heterocycles. The molecule has 0 radical (unpaired) electrons. The number of nitro groups is 2. The van der Waals surface area contributed by atoms with Gasteiger partial charge in [-0.3, -0.25) is 25.1 Å². The van der Waals surface area contributed by atoms with Gasteiger partial charge in [0.25, 0.3) is 0 Å². The van der Waals surface area contributed by atoms with Crippen molar-refractivity contribution in [2.75, 3.05) is 59.7 Å². The summed E-state index contributed by atoms with van der Waals surface area (Å²) in [5.74, 6) is 3.15. The average Bonchev–Trinajstić information content (AvgIpc) is 2.50. The molecular formula is C58H67Cl5N16O9. The standard InChI is InChI=1S/C12H10ClN3O3.C12H12ClN3O.C11H8ClN5O.C8H19N.C7H9NO.C4HCl2N3O2.C4H8O/c1-19-9-4-2-8(3-5-9)6-10-11(16(17)18)7-14-12(13)15-10;1-17-9-4-2-8(3-5-9)6-11-10(14)7-15-12(13)16-11;1-18-8-4-2-7(3-5-8)17-10-9(15-16-17)6-13-11(12)14-10;1-6-9(7(2)3)8(4)5;1-9-7-4-2-6(8)3-5-7;5-3-2(9(10)11)1-7-4(6)8-3;1-2-4-5-3-1/h2-5,7H,6H2,1H3;2-5,7H,6,14H2,1H3;2-6H,1H3;7-8H,6H2,1-5H3;2-5H,8H2,1H3;1H;1-4H2.